The quantitative estimate of drug-likeness (QED) is 0.449. The van der Waals surface area contributed by atoms with Gasteiger partial charge in [-0.15, -0.1) is 0 Å². The van der Waals surface area contributed by atoms with Crippen LogP contribution in [0.2, 0.25) is 0 Å². The second-order valence-corrected chi connectivity index (χ2v) is 4.91. The van der Waals surface area contributed by atoms with Gasteiger partial charge in [-0.2, -0.15) is 5.26 Å². The molecule has 0 atom stereocenters. The van der Waals surface area contributed by atoms with Crippen LogP contribution in [0.25, 0.3) is 6.08 Å². The Morgan fingerprint density at radius 3 is 2.52 bits per heavy atom. The minimum atomic E-state index is -0.476. The summed E-state index contributed by atoms with van der Waals surface area (Å²) in [6, 6.07) is 15.6. The zero-order chi connectivity index (χ0) is 16.7. The van der Waals surface area contributed by atoms with Gasteiger partial charge < -0.3 is 15.5 Å². The predicted octanol–water partition coefficient (Wildman–Crippen LogP) is 2.36. The Morgan fingerprint density at radius 2 is 1.87 bits per heavy atom. The third-order valence-electron chi connectivity index (χ3n) is 3.22. The highest BCUT2D eigenvalue weighted by atomic mass is 16.3. The third-order valence-corrected chi connectivity index (χ3v) is 3.22. The number of aromatic hydroxyl groups is 2. The van der Waals surface area contributed by atoms with Crippen LogP contribution in [-0.4, -0.2) is 22.7 Å². The van der Waals surface area contributed by atoms with E-state index in [1.807, 2.05) is 36.4 Å². The molecule has 0 saturated carbocycles. The van der Waals surface area contributed by atoms with Crippen molar-refractivity contribution >= 4 is 12.0 Å². The Kier molecular flexibility index (Phi) is 5.37. The largest absolute Gasteiger partial charge is 0.504 e. The van der Waals surface area contributed by atoms with E-state index in [9.17, 15) is 15.0 Å². The van der Waals surface area contributed by atoms with E-state index < -0.39 is 5.91 Å². The number of phenols is 2. The van der Waals surface area contributed by atoms with Crippen LogP contribution in [0.15, 0.2) is 54.1 Å². The summed E-state index contributed by atoms with van der Waals surface area (Å²) in [6.45, 7) is 0.419. The molecule has 1 amide bonds. The van der Waals surface area contributed by atoms with E-state index in [1.54, 1.807) is 0 Å². The molecule has 0 unspecified atom stereocenters. The average Bonchev–Trinajstić information content (AvgIpc) is 2.56. The Balaban J connectivity index is 1.99. The van der Waals surface area contributed by atoms with E-state index >= 15 is 0 Å². The summed E-state index contributed by atoms with van der Waals surface area (Å²) >= 11 is 0. The zero-order valence-corrected chi connectivity index (χ0v) is 12.4. The van der Waals surface area contributed by atoms with Crippen molar-refractivity contribution in [2.75, 3.05) is 6.54 Å². The lowest BCUT2D eigenvalue weighted by Crippen LogP contribution is -2.26. The van der Waals surface area contributed by atoms with Gasteiger partial charge in [0.05, 0.1) is 0 Å². The zero-order valence-electron chi connectivity index (χ0n) is 12.4. The first-order valence-corrected chi connectivity index (χ1v) is 7.06. The van der Waals surface area contributed by atoms with E-state index in [0.29, 0.717) is 18.5 Å². The maximum absolute atomic E-state index is 12.0. The van der Waals surface area contributed by atoms with Gasteiger partial charge in [0.25, 0.3) is 5.91 Å². The number of carbonyl (C=O) groups excluding carboxylic acids is 1. The monoisotopic (exact) mass is 308 g/mol. The molecule has 0 aliphatic rings. The van der Waals surface area contributed by atoms with Crippen LogP contribution in [0.3, 0.4) is 0 Å². The van der Waals surface area contributed by atoms with Crippen molar-refractivity contribution in [3.8, 4) is 17.6 Å². The summed E-state index contributed by atoms with van der Waals surface area (Å²) < 4.78 is 0. The Morgan fingerprint density at radius 1 is 1.13 bits per heavy atom. The maximum atomic E-state index is 12.0. The first-order valence-electron chi connectivity index (χ1n) is 7.06. The summed E-state index contributed by atoms with van der Waals surface area (Å²) in [6.07, 6.45) is 2.03. The molecule has 0 bridgehead atoms. The predicted molar refractivity (Wildman–Crippen MR) is 86.5 cm³/mol. The molecule has 3 N–H and O–H groups in total. The van der Waals surface area contributed by atoms with E-state index in [-0.39, 0.29) is 17.1 Å². The van der Waals surface area contributed by atoms with Gasteiger partial charge in [0, 0.05) is 6.54 Å². The highest BCUT2D eigenvalue weighted by Crippen LogP contribution is 2.25. The summed E-state index contributed by atoms with van der Waals surface area (Å²) in [5.74, 6) is -1.04. The summed E-state index contributed by atoms with van der Waals surface area (Å²) in [5, 5.41) is 30.5. The molecule has 23 heavy (non-hydrogen) atoms. The number of hydrogen-bond donors (Lipinski definition) is 3. The van der Waals surface area contributed by atoms with Gasteiger partial charge >= 0.3 is 0 Å². The molecule has 0 spiro atoms. The molecule has 0 aliphatic carbocycles. The van der Waals surface area contributed by atoms with Crippen molar-refractivity contribution in [2.45, 2.75) is 6.42 Å². The third kappa shape index (κ3) is 4.61. The molecule has 5 nitrogen and oxygen atoms in total. The number of benzene rings is 2. The number of rotatable bonds is 5. The molecule has 2 rings (SSSR count). The van der Waals surface area contributed by atoms with Gasteiger partial charge in [0.15, 0.2) is 11.5 Å². The van der Waals surface area contributed by atoms with Gasteiger partial charge in [-0.1, -0.05) is 36.4 Å². The first kappa shape index (κ1) is 16.1. The van der Waals surface area contributed by atoms with Crippen LogP contribution < -0.4 is 5.32 Å². The van der Waals surface area contributed by atoms with Gasteiger partial charge in [0.1, 0.15) is 11.6 Å². The van der Waals surface area contributed by atoms with Gasteiger partial charge in [0.2, 0.25) is 0 Å². The number of nitrogens with one attached hydrogen (secondary N) is 1. The normalized spacial score (nSPS) is 10.8. The molecular formula is C18H16N2O3. The lowest BCUT2D eigenvalue weighted by molar-refractivity contribution is -0.117. The smallest absolute Gasteiger partial charge is 0.261 e. The number of carbonyl (C=O) groups is 1. The molecule has 2 aromatic carbocycles. The van der Waals surface area contributed by atoms with Crippen LogP contribution in [0.1, 0.15) is 11.1 Å². The number of amides is 1. The number of phenolic OH excluding ortho intramolecular Hbond substituents is 2. The van der Waals surface area contributed by atoms with E-state index in [1.165, 1.54) is 24.3 Å². The van der Waals surface area contributed by atoms with Crippen LogP contribution in [0.4, 0.5) is 0 Å². The standard InChI is InChI=1S/C18H16N2O3/c19-12-15(10-14-6-7-16(21)17(22)11-14)18(23)20-9-8-13-4-2-1-3-5-13/h1-7,10-11,21-22H,8-9H2,(H,20,23). The Labute approximate surface area is 134 Å². The fraction of sp³-hybridized carbons (Fsp3) is 0.111. The molecule has 0 fully saturated rings. The van der Waals surface area contributed by atoms with Crippen LogP contribution in [0.5, 0.6) is 11.5 Å². The molecule has 0 aliphatic heterocycles. The average molecular weight is 308 g/mol. The van der Waals surface area contributed by atoms with E-state index in [2.05, 4.69) is 5.32 Å². The minimum Gasteiger partial charge on any atom is -0.504 e. The summed E-state index contributed by atoms with van der Waals surface area (Å²) in [4.78, 5) is 12.0. The van der Waals surface area contributed by atoms with Crippen molar-refractivity contribution < 1.29 is 15.0 Å². The molecule has 0 aromatic heterocycles. The van der Waals surface area contributed by atoms with Gasteiger partial charge in [-0.05, 0) is 35.8 Å². The Bertz CT molecular complexity index is 762. The first-order chi connectivity index (χ1) is 11.1. The van der Waals surface area contributed by atoms with Crippen molar-refractivity contribution in [3.63, 3.8) is 0 Å². The number of hydrogen-bond acceptors (Lipinski definition) is 4. The van der Waals surface area contributed by atoms with E-state index in [0.717, 1.165) is 5.56 Å². The van der Waals surface area contributed by atoms with Crippen LogP contribution in [-0.2, 0) is 11.2 Å². The van der Waals surface area contributed by atoms with Gasteiger partial charge in [-0.25, -0.2) is 0 Å². The molecule has 0 heterocycles. The maximum Gasteiger partial charge on any atom is 0.261 e. The lowest BCUT2D eigenvalue weighted by atomic mass is 10.1. The number of nitrogens with zero attached hydrogens (tertiary/aromatic N) is 1. The molecule has 0 saturated heterocycles. The Hall–Kier alpha value is -3.26. The fourth-order valence-electron chi connectivity index (χ4n) is 2.01. The summed E-state index contributed by atoms with van der Waals surface area (Å²) in [7, 11) is 0. The van der Waals surface area contributed by atoms with Crippen molar-refractivity contribution in [3.05, 3.63) is 65.2 Å². The topological polar surface area (TPSA) is 93.3 Å². The highest BCUT2D eigenvalue weighted by molar-refractivity contribution is 6.01. The number of nitriles is 1. The molecule has 116 valence electrons. The second-order valence-electron chi connectivity index (χ2n) is 4.91. The van der Waals surface area contributed by atoms with Crippen molar-refractivity contribution in [2.24, 2.45) is 0 Å². The molecule has 5 heteroatoms. The van der Waals surface area contributed by atoms with Crippen LogP contribution >= 0.6 is 0 Å². The molecule has 0 radical (unpaired) electrons. The van der Waals surface area contributed by atoms with Crippen molar-refractivity contribution in [1.29, 1.82) is 5.26 Å². The molecular weight excluding hydrogens is 292 g/mol. The van der Waals surface area contributed by atoms with Gasteiger partial charge in [-0.3, -0.25) is 4.79 Å². The highest BCUT2D eigenvalue weighted by Gasteiger charge is 2.09. The van der Waals surface area contributed by atoms with Crippen LogP contribution in [0, 0.1) is 11.3 Å². The SMILES string of the molecule is N#CC(=Cc1ccc(O)c(O)c1)C(=O)NCCc1ccccc1. The van der Waals surface area contributed by atoms with Crippen molar-refractivity contribution in [1.82, 2.24) is 5.32 Å². The molecule has 2 aromatic rings. The summed E-state index contributed by atoms with van der Waals surface area (Å²) in [5.41, 5.74) is 1.48. The van der Waals surface area contributed by atoms with E-state index in [4.69, 9.17) is 5.26 Å². The lowest BCUT2D eigenvalue weighted by Gasteiger charge is -2.05. The second kappa shape index (κ2) is 7.66. The fourth-order valence-corrected chi connectivity index (χ4v) is 2.01. The minimum absolute atomic E-state index is 0.0665.